The van der Waals surface area contributed by atoms with Crippen LogP contribution in [0.25, 0.3) is 0 Å². The lowest BCUT2D eigenvalue weighted by atomic mass is 10.0. The predicted molar refractivity (Wildman–Crippen MR) is 71.3 cm³/mol. The molecule has 2 aliphatic rings. The Bertz CT molecular complexity index is 486. The number of rotatable bonds is 2. The van der Waals surface area contributed by atoms with Crippen molar-refractivity contribution in [3.8, 4) is 17.2 Å². The van der Waals surface area contributed by atoms with E-state index in [4.69, 9.17) is 15.2 Å². The van der Waals surface area contributed by atoms with Gasteiger partial charge in [-0.05, 0) is 35.2 Å². The summed E-state index contributed by atoms with van der Waals surface area (Å²) in [6.07, 6.45) is 3.47. The third-order valence-electron chi connectivity index (χ3n) is 3.48. The number of phenols is 1. The molecule has 1 saturated carbocycles. The van der Waals surface area contributed by atoms with Crippen molar-refractivity contribution in [3.63, 3.8) is 0 Å². The normalized spacial score (nSPS) is 20.3. The number of aromatic hydroxyl groups is 1. The second-order valence-electron chi connectivity index (χ2n) is 5.10. The van der Waals surface area contributed by atoms with Gasteiger partial charge in [-0.1, -0.05) is 0 Å². The van der Waals surface area contributed by atoms with Gasteiger partial charge >= 0.3 is 0 Å². The fourth-order valence-electron chi connectivity index (χ4n) is 2.18. The van der Waals surface area contributed by atoms with Gasteiger partial charge in [0.1, 0.15) is 5.75 Å². The molecule has 0 amide bonds. The van der Waals surface area contributed by atoms with E-state index in [1.54, 1.807) is 6.07 Å². The van der Waals surface area contributed by atoms with Crippen LogP contribution in [-0.4, -0.2) is 23.9 Å². The topological polar surface area (TPSA) is 64.7 Å². The fraction of sp³-hybridized carbons (Fsp3) is 0.538. The molecule has 1 heterocycles. The van der Waals surface area contributed by atoms with Crippen molar-refractivity contribution < 1.29 is 14.6 Å². The molecule has 3 rings (SSSR count). The van der Waals surface area contributed by atoms with Crippen molar-refractivity contribution in [3.05, 3.63) is 16.1 Å². The number of fused-ring (bicyclic) bond motifs is 1. The molecule has 1 aromatic rings. The molecule has 5 heteroatoms. The first-order valence-electron chi connectivity index (χ1n) is 6.18. The van der Waals surface area contributed by atoms with Gasteiger partial charge in [-0.25, -0.2) is 0 Å². The van der Waals surface area contributed by atoms with Gasteiger partial charge in [-0.15, -0.1) is 0 Å². The van der Waals surface area contributed by atoms with Crippen LogP contribution in [0.5, 0.6) is 17.2 Å². The van der Waals surface area contributed by atoms with E-state index >= 15 is 0 Å². The first-order chi connectivity index (χ1) is 8.59. The van der Waals surface area contributed by atoms with Crippen LogP contribution in [-0.2, 0) is 6.42 Å². The molecule has 0 bridgehead atoms. The quantitative estimate of drug-likeness (QED) is 0.879. The third-order valence-corrected chi connectivity index (χ3v) is 4.09. The molecule has 3 N–H and O–H groups in total. The molecule has 1 fully saturated rings. The van der Waals surface area contributed by atoms with Gasteiger partial charge in [-0.3, -0.25) is 0 Å². The number of hydrogen-bond acceptors (Lipinski definition) is 4. The average molecular weight is 314 g/mol. The van der Waals surface area contributed by atoms with Crippen LogP contribution in [0, 0.1) is 0 Å². The number of benzene rings is 1. The maximum atomic E-state index is 10.2. The molecule has 0 radical (unpaired) electrons. The summed E-state index contributed by atoms with van der Waals surface area (Å²) < 4.78 is 12.0. The highest BCUT2D eigenvalue weighted by Crippen LogP contribution is 2.47. The zero-order valence-electron chi connectivity index (χ0n) is 10.0. The second-order valence-corrected chi connectivity index (χ2v) is 5.96. The summed E-state index contributed by atoms with van der Waals surface area (Å²) in [7, 11) is 0. The van der Waals surface area contributed by atoms with E-state index < -0.39 is 0 Å². The Kier molecular flexibility index (Phi) is 2.90. The molecule has 4 nitrogen and oxygen atoms in total. The van der Waals surface area contributed by atoms with Crippen molar-refractivity contribution in [1.82, 2.24) is 0 Å². The predicted octanol–water partition coefficient (Wildman–Crippen LogP) is 2.35. The van der Waals surface area contributed by atoms with Crippen LogP contribution < -0.4 is 15.2 Å². The molecule has 18 heavy (non-hydrogen) atoms. The van der Waals surface area contributed by atoms with Gasteiger partial charge < -0.3 is 20.3 Å². The lowest BCUT2D eigenvalue weighted by Gasteiger charge is -2.17. The Hall–Kier alpha value is -0.940. The number of ether oxygens (including phenoxy) is 2. The summed E-state index contributed by atoms with van der Waals surface area (Å²) in [6.45, 7) is 1.25. The number of phenolic OH excluding ortho intramolecular Hbond substituents is 1. The molecule has 1 aliphatic heterocycles. The first-order valence-corrected chi connectivity index (χ1v) is 6.97. The maximum Gasteiger partial charge on any atom is 0.168 e. The van der Waals surface area contributed by atoms with Crippen molar-refractivity contribution in [2.75, 3.05) is 13.2 Å². The van der Waals surface area contributed by atoms with Crippen LogP contribution in [0.3, 0.4) is 0 Å². The van der Waals surface area contributed by atoms with Crippen molar-refractivity contribution >= 4 is 15.9 Å². The molecule has 1 aromatic carbocycles. The smallest absolute Gasteiger partial charge is 0.168 e. The minimum Gasteiger partial charge on any atom is -0.506 e. The van der Waals surface area contributed by atoms with Gasteiger partial charge in [0.15, 0.2) is 11.5 Å². The number of nitrogens with two attached hydrogens (primary N) is 1. The highest BCUT2D eigenvalue weighted by molar-refractivity contribution is 9.10. The molecular formula is C13H16BrNO3. The van der Waals surface area contributed by atoms with Gasteiger partial charge in [0.2, 0.25) is 0 Å². The first kappa shape index (κ1) is 12.1. The van der Waals surface area contributed by atoms with Crippen LogP contribution >= 0.6 is 15.9 Å². The fourth-order valence-corrected chi connectivity index (χ4v) is 2.63. The largest absolute Gasteiger partial charge is 0.506 e. The van der Waals surface area contributed by atoms with Crippen LogP contribution in [0.15, 0.2) is 10.5 Å². The number of hydrogen-bond donors (Lipinski definition) is 2. The summed E-state index contributed by atoms with van der Waals surface area (Å²) in [6, 6.07) is 1.76. The Morgan fingerprint density at radius 2 is 2.06 bits per heavy atom. The highest BCUT2D eigenvalue weighted by Gasteiger charge is 2.40. The average Bonchev–Trinajstić information content (AvgIpc) is 3.09. The van der Waals surface area contributed by atoms with E-state index in [9.17, 15) is 5.11 Å². The van der Waals surface area contributed by atoms with Crippen LogP contribution in [0.1, 0.15) is 24.8 Å². The van der Waals surface area contributed by atoms with Gasteiger partial charge in [-0.2, -0.15) is 0 Å². The molecule has 0 spiro atoms. The molecular weight excluding hydrogens is 298 g/mol. The van der Waals surface area contributed by atoms with Gasteiger partial charge in [0.05, 0.1) is 17.7 Å². The van der Waals surface area contributed by atoms with E-state index in [0.29, 0.717) is 35.6 Å². The Balaban J connectivity index is 2.05. The minimum atomic E-state index is -0.179. The van der Waals surface area contributed by atoms with Crippen molar-refractivity contribution in [1.29, 1.82) is 0 Å². The van der Waals surface area contributed by atoms with E-state index in [1.807, 2.05) is 0 Å². The third kappa shape index (κ3) is 2.17. The zero-order valence-corrected chi connectivity index (χ0v) is 11.6. The summed E-state index contributed by atoms with van der Waals surface area (Å²) in [5, 5.41) is 10.2. The Morgan fingerprint density at radius 1 is 1.33 bits per heavy atom. The molecule has 1 aliphatic carbocycles. The Labute approximate surface area is 114 Å². The van der Waals surface area contributed by atoms with Crippen molar-refractivity contribution in [2.24, 2.45) is 5.73 Å². The zero-order chi connectivity index (χ0) is 12.8. The summed E-state index contributed by atoms with van der Waals surface area (Å²) >= 11 is 3.35. The molecule has 0 saturated heterocycles. The standard InChI is InChI=1S/C13H16BrNO3/c14-9-6-10-12(18-5-1-4-17-10)8(11(9)16)7-13(15)2-3-13/h6,16H,1-5,7,15H2. The van der Waals surface area contributed by atoms with E-state index in [1.165, 1.54) is 0 Å². The lowest BCUT2D eigenvalue weighted by Crippen LogP contribution is -2.25. The SMILES string of the molecule is NC1(Cc2c(O)c(Br)cc3c2OCCCO3)CC1. The molecule has 0 atom stereocenters. The second kappa shape index (κ2) is 4.31. The van der Waals surface area contributed by atoms with Crippen LogP contribution in [0.4, 0.5) is 0 Å². The molecule has 0 aromatic heterocycles. The van der Waals surface area contributed by atoms with Gasteiger partial charge in [0.25, 0.3) is 0 Å². The summed E-state index contributed by atoms with van der Waals surface area (Å²) in [5.41, 5.74) is 6.73. The summed E-state index contributed by atoms with van der Waals surface area (Å²) in [4.78, 5) is 0. The highest BCUT2D eigenvalue weighted by atomic mass is 79.9. The minimum absolute atomic E-state index is 0.179. The van der Waals surface area contributed by atoms with E-state index in [2.05, 4.69) is 15.9 Å². The Morgan fingerprint density at radius 3 is 2.78 bits per heavy atom. The van der Waals surface area contributed by atoms with Gasteiger partial charge in [0, 0.05) is 23.6 Å². The summed E-state index contributed by atoms with van der Waals surface area (Å²) in [5.74, 6) is 1.57. The molecule has 98 valence electrons. The maximum absolute atomic E-state index is 10.2. The monoisotopic (exact) mass is 313 g/mol. The van der Waals surface area contributed by atoms with Crippen molar-refractivity contribution in [2.45, 2.75) is 31.2 Å². The van der Waals surface area contributed by atoms with E-state index in [0.717, 1.165) is 24.8 Å². The lowest BCUT2D eigenvalue weighted by molar-refractivity contribution is 0.295. The van der Waals surface area contributed by atoms with E-state index in [-0.39, 0.29) is 11.3 Å². The van der Waals surface area contributed by atoms with Crippen LogP contribution in [0.2, 0.25) is 0 Å². The number of halogens is 1. The molecule has 0 unspecified atom stereocenters.